The molecule has 1 aromatic rings. The number of pyridine rings is 1. The lowest BCUT2D eigenvalue weighted by Crippen LogP contribution is -2.31. The van der Waals surface area contributed by atoms with Gasteiger partial charge in [-0.2, -0.15) is 0 Å². The number of nitrogens with one attached hydrogen (secondary N) is 1. The van der Waals surface area contributed by atoms with E-state index in [4.69, 9.17) is 0 Å². The van der Waals surface area contributed by atoms with Crippen molar-refractivity contribution in [3.8, 4) is 0 Å². The molecule has 1 unspecified atom stereocenters. The van der Waals surface area contributed by atoms with Gasteiger partial charge in [0, 0.05) is 24.8 Å². The van der Waals surface area contributed by atoms with Crippen LogP contribution in [0.4, 0.5) is 5.82 Å². The van der Waals surface area contributed by atoms with Crippen LogP contribution in [0.15, 0.2) is 31.0 Å². The molecule has 0 aliphatic rings. The molecular formula is C15H25N3. The molecule has 0 amide bonds. The third-order valence-electron chi connectivity index (χ3n) is 3.02. The van der Waals surface area contributed by atoms with Crippen molar-refractivity contribution in [3.05, 3.63) is 36.5 Å². The van der Waals surface area contributed by atoms with Gasteiger partial charge < -0.3 is 10.2 Å². The summed E-state index contributed by atoms with van der Waals surface area (Å²) in [5.41, 5.74) is 1.27. The summed E-state index contributed by atoms with van der Waals surface area (Å²) >= 11 is 0. The molecule has 100 valence electrons. The second-order valence-electron chi connectivity index (χ2n) is 4.76. The Morgan fingerprint density at radius 1 is 1.44 bits per heavy atom. The van der Waals surface area contributed by atoms with Crippen LogP contribution < -0.4 is 10.2 Å². The Bertz CT molecular complexity index is 374. The Hall–Kier alpha value is -1.35. The van der Waals surface area contributed by atoms with Crippen LogP contribution in [-0.2, 0) is 0 Å². The minimum absolute atomic E-state index is 0.356. The molecule has 0 fully saturated rings. The first kappa shape index (κ1) is 14.7. The second-order valence-corrected chi connectivity index (χ2v) is 4.76. The molecule has 1 rings (SSSR count). The Kier molecular flexibility index (Phi) is 5.86. The Morgan fingerprint density at radius 2 is 2.17 bits per heavy atom. The van der Waals surface area contributed by atoms with Crippen LogP contribution in [0.3, 0.4) is 0 Å². The lowest BCUT2D eigenvalue weighted by Gasteiger charge is -2.27. The van der Waals surface area contributed by atoms with Gasteiger partial charge in [0.25, 0.3) is 0 Å². The van der Waals surface area contributed by atoms with Crippen molar-refractivity contribution in [2.75, 3.05) is 18.0 Å². The number of hydrogen-bond donors (Lipinski definition) is 1. The fourth-order valence-electron chi connectivity index (χ4n) is 1.99. The maximum absolute atomic E-state index is 4.47. The Labute approximate surface area is 111 Å². The largest absolute Gasteiger partial charge is 0.350 e. The summed E-state index contributed by atoms with van der Waals surface area (Å²) in [7, 11) is 0. The molecule has 1 aromatic heterocycles. The lowest BCUT2D eigenvalue weighted by molar-refractivity contribution is 0.596. The zero-order valence-corrected chi connectivity index (χ0v) is 12.0. The molecule has 1 N–H and O–H groups in total. The number of hydrogen-bond acceptors (Lipinski definition) is 3. The number of anilines is 1. The standard InChI is InChI=1S/C15H25N3/c1-6-10-18(12(3)4)15-11-14(8-9-17-15)13(5)16-7-2/h6,8-9,11-13,16H,1,7,10H2,2-5H3. The fraction of sp³-hybridized carbons (Fsp3) is 0.533. The van der Waals surface area contributed by atoms with Gasteiger partial charge in [0.05, 0.1) is 0 Å². The molecule has 3 heteroatoms. The summed E-state index contributed by atoms with van der Waals surface area (Å²) in [6.45, 7) is 14.3. The van der Waals surface area contributed by atoms with E-state index in [0.717, 1.165) is 18.9 Å². The lowest BCUT2D eigenvalue weighted by atomic mass is 10.1. The van der Waals surface area contributed by atoms with E-state index in [1.165, 1.54) is 5.56 Å². The van der Waals surface area contributed by atoms with Crippen molar-refractivity contribution in [1.82, 2.24) is 10.3 Å². The van der Waals surface area contributed by atoms with Crippen molar-refractivity contribution in [2.45, 2.75) is 39.8 Å². The monoisotopic (exact) mass is 247 g/mol. The van der Waals surface area contributed by atoms with Crippen LogP contribution in [0.1, 0.15) is 39.3 Å². The summed E-state index contributed by atoms with van der Waals surface area (Å²) in [6.07, 6.45) is 3.80. The molecule has 1 atom stereocenters. The Balaban J connectivity index is 2.94. The maximum atomic E-state index is 4.47. The molecule has 18 heavy (non-hydrogen) atoms. The zero-order chi connectivity index (χ0) is 13.5. The molecule has 0 spiro atoms. The first-order valence-electron chi connectivity index (χ1n) is 6.67. The van der Waals surface area contributed by atoms with Crippen molar-refractivity contribution >= 4 is 5.82 Å². The van der Waals surface area contributed by atoms with E-state index >= 15 is 0 Å². The number of nitrogens with zero attached hydrogens (tertiary/aromatic N) is 2. The van der Waals surface area contributed by atoms with Crippen molar-refractivity contribution < 1.29 is 0 Å². The van der Waals surface area contributed by atoms with Crippen LogP contribution in [0.2, 0.25) is 0 Å². The van der Waals surface area contributed by atoms with Crippen LogP contribution >= 0.6 is 0 Å². The molecule has 0 aliphatic heterocycles. The van der Waals surface area contributed by atoms with Crippen molar-refractivity contribution in [2.24, 2.45) is 0 Å². The molecular weight excluding hydrogens is 222 g/mol. The highest BCUT2D eigenvalue weighted by Gasteiger charge is 2.12. The van der Waals surface area contributed by atoms with E-state index in [1.807, 2.05) is 12.3 Å². The zero-order valence-electron chi connectivity index (χ0n) is 12.0. The summed E-state index contributed by atoms with van der Waals surface area (Å²) < 4.78 is 0. The predicted octanol–water partition coefficient (Wildman–Crippen LogP) is 3.15. The topological polar surface area (TPSA) is 28.2 Å². The van der Waals surface area contributed by atoms with Crippen LogP contribution in [0, 0.1) is 0 Å². The van der Waals surface area contributed by atoms with Crippen LogP contribution in [0.5, 0.6) is 0 Å². The van der Waals surface area contributed by atoms with Gasteiger partial charge in [-0.3, -0.25) is 0 Å². The smallest absolute Gasteiger partial charge is 0.129 e. The van der Waals surface area contributed by atoms with Gasteiger partial charge in [-0.15, -0.1) is 6.58 Å². The highest BCUT2D eigenvalue weighted by molar-refractivity contribution is 5.43. The summed E-state index contributed by atoms with van der Waals surface area (Å²) in [6, 6.07) is 5.01. The summed E-state index contributed by atoms with van der Waals surface area (Å²) in [5, 5.41) is 3.42. The van der Waals surface area contributed by atoms with E-state index in [1.54, 1.807) is 0 Å². The maximum Gasteiger partial charge on any atom is 0.129 e. The third kappa shape index (κ3) is 3.84. The van der Waals surface area contributed by atoms with Gasteiger partial charge in [0.2, 0.25) is 0 Å². The van der Waals surface area contributed by atoms with E-state index in [2.05, 4.69) is 61.6 Å². The number of rotatable bonds is 7. The highest BCUT2D eigenvalue weighted by Crippen LogP contribution is 2.19. The second kappa shape index (κ2) is 7.17. The van der Waals surface area contributed by atoms with Gasteiger partial charge in [0.15, 0.2) is 0 Å². The summed E-state index contributed by atoms with van der Waals surface area (Å²) in [5.74, 6) is 1.02. The van der Waals surface area contributed by atoms with Crippen molar-refractivity contribution in [1.29, 1.82) is 0 Å². The first-order chi connectivity index (χ1) is 8.60. The van der Waals surface area contributed by atoms with E-state index in [0.29, 0.717) is 12.1 Å². The molecule has 0 aromatic carbocycles. The average molecular weight is 247 g/mol. The highest BCUT2D eigenvalue weighted by atomic mass is 15.2. The predicted molar refractivity (Wildman–Crippen MR) is 79.0 cm³/mol. The van der Waals surface area contributed by atoms with E-state index < -0.39 is 0 Å². The van der Waals surface area contributed by atoms with E-state index in [9.17, 15) is 0 Å². The van der Waals surface area contributed by atoms with Gasteiger partial charge in [-0.25, -0.2) is 4.98 Å². The number of aromatic nitrogens is 1. The first-order valence-corrected chi connectivity index (χ1v) is 6.67. The fourth-order valence-corrected chi connectivity index (χ4v) is 1.99. The SMILES string of the molecule is C=CCN(c1cc(C(C)NCC)ccn1)C(C)C. The van der Waals surface area contributed by atoms with Gasteiger partial charge >= 0.3 is 0 Å². The van der Waals surface area contributed by atoms with Gasteiger partial charge in [0.1, 0.15) is 5.82 Å². The molecule has 0 radical (unpaired) electrons. The quantitative estimate of drug-likeness (QED) is 0.750. The van der Waals surface area contributed by atoms with Gasteiger partial charge in [-0.1, -0.05) is 13.0 Å². The van der Waals surface area contributed by atoms with Crippen LogP contribution in [-0.4, -0.2) is 24.1 Å². The molecule has 0 aliphatic carbocycles. The molecule has 1 heterocycles. The average Bonchev–Trinajstić information content (AvgIpc) is 2.36. The molecule has 3 nitrogen and oxygen atoms in total. The van der Waals surface area contributed by atoms with E-state index in [-0.39, 0.29) is 0 Å². The summed E-state index contributed by atoms with van der Waals surface area (Å²) in [4.78, 5) is 6.72. The minimum Gasteiger partial charge on any atom is -0.350 e. The minimum atomic E-state index is 0.356. The third-order valence-corrected chi connectivity index (χ3v) is 3.02. The van der Waals surface area contributed by atoms with Crippen molar-refractivity contribution in [3.63, 3.8) is 0 Å². The Morgan fingerprint density at radius 3 is 2.72 bits per heavy atom. The van der Waals surface area contributed by atoms with Crippen LogP contribution in [0.25, 0.3) is 0 Å². The van der Waals surface area contributed by atoms with Gasteiger partial charge in [-0.05, 0) is 45.0 Å². The normalized spacial score (nSPS) is 12.5. The molecule has 0 saturated heterocycles. The molecule has 0 bridgehead atoms. The molecule has 0 saturated carbocycles.